The van der Waals surface area contributed by atoms with Crippen LogP contribution in [0.15, 0.2) is 53.8 Å². The molecule has 0 spiro atoms. The molecule has 0 bridgehead atoms. The molecule has 3 aromatic rings. The fraction of sp³-hybridized carbons (Fsp3) is 0.188. The van der Waals surface area contributed by atoms with Crippen LogP contribution in [0.3, 0.4) is 0 Å². The van der Waals surface area contributed by atoms with Crippen molar-refractivity contribution in [1.82, 2.24) is 19.7 Å². The van der Waals surface area contributed by atoms with Crippen LogP contribution < -0.4 is 0 Å². The van der Waals surface area contributed by atoms with Crippen molar-refractivity contribution in [1.29, 1.82) is 0 Å². The average Bonchev–Trinajstić information content (AvgIpc) is 2.85. The van der Waals surface area contributed by atoms with Gasteiger partial charge in [-0.05, 0) is 25.5 Å². The first kappa shape index (κ1) is 13.8. The van der Waals surface area contributed by atoms with Crippen molar-refractivity contribution < 1.29 is 0 Å². The van der Waals surface area contributed by atoms with Gasteiger partial charge in [0.25, 0.3) is 0 Å². The van der Waals surface area contributed by atoms with Gasteiger partial charge in [0.1, 0.15) is 0 Å². The molecule has 0 aliphatic heterocycles. The fourth-order valence-corrected chi connectivity index (χ4v) is 2.88. The van der Waals surface area contributed by atoms with Crippen LogP contribution in [0.5, 0.6) is 0 Å². The number of aromatic nitrogens is 4. The molecule has 0 amide bonds. The number of hydrogen-bond donors (Lipinski definition) is 0. The lowest BCUT2D eigenvalue weighted by atomic mass is 10.2. The molecule has 106 valence electrons. The Bertz CT molecular complexity index is 737. The van der Waals surface area contributed by atoms with Gasteiger partial charge in [-0.15, -0.1) is 0 Å². The molecule has 3 rings (SSSR count). The number of hydrogen-bond acceptors (Lipinski definition) is 4. The van der Waals surface area contributed by atoms with Crippen molar-refractivity contribution >= 4 is 11.8 Å². The monoisotopic (exact) mass is 296 g/mol. The minimum atomic E-state index is 0.768. The van der Waals surface area contributed by atoms with E-state index < -0.39 is 0 Å². The van der Waals surface area contributed by atoms with Crippen LogP contribution in [0.2, 0.25) is 0 Å². The molecule has 0 radical (unpaired) electrons. The van der Waals surface area contributed by atoms with Gasteiger partial charge in [-0.3, -0.25) is 0 Å². The third kappa shape index (κ3) is 3.31. The van der Waals surface area contributed by atoms with Gasteiger partial charge in [0.05, 0.1) is 5.69 Å². The van der Waals surface area contributed by atoms with Gasteiger partial charge >= 0.3 is 0 Å². The maximum absolute atomic E-state index is 4.58. The molecule has 0 aliphatic carbocycles. The van der Waals surface area contributed by atoms with Crippen molar-refractivity contribution in [3.05, 3.63) is 65.6 Å². The van der Waals surface area contributed by atoms with E-state index in [1.165, 1.54) is 5.56 Å². The van der Waals surface area contributed by atoms with E-state index in [9.17, 15) is 0 Å². The third-order valence-corrected chi connectivity index (χ3v) is 3.99. The topological polar surface area (TPSA) is 43.6 Å². The van der Waals surface area contributed by atoms with Gasteiger partial charge in [-0.2, -0.15) is 5.10 Å². The zero-order chi connectivity index (χ0) is 14.7. The lowest BCUT2D eigenvalue weighted by molar-refractivity contribution is 0.777. The van der Waals surface area contributed by atoms with Gasteiger partial charge in [0.2, 0.25) is 0 Å². The summed E-state index contributed by atoms with van der Waals surface area (Å²) in [5, 5.41) is 5.22. The molecule has 0 saturated carbocycles. The SMILES string of the molecule is Cc1cc(C)n(-c2ccnc(SCc3ccccc3)n2)n1. The maximum atomic E-state index is 4.58. The van der Waals surface area contributed by atoms with Gasteiger partial charge in [0, 0.05) is 23.7 Å². The number of rotatable bonds is 4. The van der Waals surface area contributed by atoms with E-state index in [2.05, 4.69) is 27.2 Å². The van der Waals surface area contributed by atoms with Crippen LogP contribution in [-0.2, 0) is 5.75 Å². The lowest BCUT2D eigenvalue weighted by Crippen LogP contribution is -2.03. The molecule has 0 unspecified atom stereocenters. The Kier molecular flexibility index (Phi) is 4.01. The molecule has 0 atom stereocenters. The van der Waals surface area contributed by atoms with Crippen molar-refractivity contribution in [2.75, 3.05) is 0 Å². The fourth-order valence-electron chi connectivity index (χ4n) is 2.10. The first-order valence-electron chi connectivity index (χ1n) is 6.76. The molecule has 0 saturated heterocycles. The van der Waals surface area contributed by atoms with Crippen LogP contribution in [0.1, 0.15) is 17.0 Å². The molecule has 2 heterocycles. The molecule has 4 nitrogen and oxygen atoms in total. The summed E-state index contributed by atoms with van der Waals surface area (Å²) in [7, 11) is 0. The normalized spacial score (nSPS) is 10.8. The third-order valence-electron chi connectivity index (χ3n) is 3.06. The van der Waals surface area contributed by atoms with Crippen molar-refractivity contribution in [2.24, 2.45) is 0 Å². The van der Waals surface area contributed by atoms with E-state index in [-0.39, 0.29) is 0 Å². The van der Waals surface area contributed by atoms with Crippen molar-refractivity contribution in [3.8, 4) is 5.82 Å². The van der Waals surface area contributed by atoms with Crippen LogP contribution in [0.4, 0.5) is 0 Å². The van der Waals surface area contributed by atoms with Crippen LogP contribution in [0.25, 0.3) is 5.82 Å². The molecule has 2 aromatic heterocycles. The molecule has 0 aliphatic rings. The Morgan fingerprint density at radius 3 is 2.62 bits per heavy atom. The predicted octanol–water partition coefficient (Wildman–Crippen LogP) is 3.57. The van der Waals surface area contributed by atoms with Crippen molar-refractivity contribution in [3.63, 3.8) is 0 Å². The highest BCUT2D eigenvalue weighted by Gasteiger charge is 2.07. The summed E-state index contributed by atoms with van der Waals surface area (Å²) in [6.07, 6.45) is 1.78. The van der Waals surface area contributed by atoms with Gasteiger partial charge in [0.15, 0.2) is 11.0 Å². The number of aryl methyl sites for hydroxylation is 2. The standard InChI is InChI=1S/C16H16N4S/c1-12-10-13(2)20(19-12)15-8-9-17-16(18-15)21-11-14-6-4-3-5-7-14/h3-10H,11H2,1-2H3. The Hall–Kier alpha value is -2.14. The Morgan fingerprint density at radius 1 is 1.10 bits per heavy atom. The van der Waals surface area contributed by atoms with Crippen LogP contribution >= 0.6 is 11.8 Å². The highest BCUT2D eigenvalue weighted by molar-refractivity contribution is 7.98. The summed E-state index contributed by atoms with van der Waals surface area (Å²) < 4.78 is 1.85. The van der Waals surface area contributed by atoms with E-state index in [0.717, 1.165) is 28.1 Å². The zero-order valence-corrected chi connectivity index (χ0v) is 12.8. The minimum Gasteiger partial charge on any atom is -0.231 e. The lowest BCUT2D eigenvalue weighted by Gasteiger charge is -2.05. The maximum Gasteiger partial charge on any atom is 0.189 e. The predicted molar refractivity (Wildman–Crippen MR) is 84.6 cm³/mol. The van der Waals surface area contributed by atoms with Crippen LogP contribution in [-0.4, -0.2) is 19.7 Å². The summed E-state index contributed by atoms with van der Waals surface area (Å²) in [5.41, 5.74) is 3.33. The molecular formula is C16H16N4S. The second-order valence-corrected chi connectivity index (χ2v) is 5.75. The summed E-state index contributed by atoms with van der Waals surface area (Å²) in [6.45, 7) is 4.01. The molecule has 0 fully saturated rings. The molecule has 5 heteroatoms. The van der Waals surface area contributed by atoms with E-state index in [0.29, 0.717) is 0 Å². The number of nitrogens with zero attached hydrogens (tertiary/aromatic N) is 4. The molecule has 0 N–H and O–H groups in total. The van der Waals surface area contributed by atoms with Crippen LogP contribution in [0, 0.1) is 13.8 Å². The first-order valence-corrected chi connectivity index (χ1v) is 7.74. The summed E-state index contributed by atoms with van der Waals surface area (Å²) in [5.74, 6) is 1.67. The van der Waals surface area contributed by atoms with Gasteiger partial charge in [-0.25, -0.2) is 14.6 Å². The molecule has 1 aromatic carbocycles. The Balaban J connectivity index is 1.79. The Morgan fingerprint density at radius 2 is 1.90 bits per heavy atom. The Labute approximate surface area is 128 Å². The van der Waals surface area contributed by atoms with Gasteiger partial charge < -0.3 is 0 Å². The van der Waals surface area contributed by atoms with E-state index in [1.807, 2.05) is 48.9 Å². The van der Waals surface area contributed by atoms with E-state index >= 15 is 0 Å². The largest absolute Gasteiger partial charge is 0.231 e. The summed E-state index contributed by atoms with van der Waals surface area (Å²) in [4.78, 5) is 8.91. The molecule has 21 heavy (non-hydrogen) atoms. The minimum absolute atomic E-state index is 0.768. The average molecular weight is 296 g/mol. The first-order chi connectivity index (χ1) is 10.2. The highest BCUT2D eigenvalue weighted by Crippen LogP contribution is 2.20. The number of thioether (sulfide) groups is 1. The zero-order valence-electron chi connectivity index (χ0n) is 12.0. The molecular weight excluding hydrogens is 280 g/mol. The summed E-state index contributed by atoms with van der Waals surface area (Å²) >= 11 is 1.63. The quantitative estimate of drug-likeness (QED) is 0.545. The second kappa shape index (κ2) is 6.10. The summed E-state index contributed by atoms with van der Waals surface area (Å²) in [6, 6.07) is 14.3. The van der Waals surface area contributed by atoms with E-state index in [4.69, 9.17) is 0 Å². The van der Waals surface area contributed by atoms with Crippen molar-refractivity contribution in [2.45, 2.75) is 24.8 Å². The smallest absolute Gasteiger partial charge is 0.189 e. The highest BCUT2D eigenvalue weighted by atomic mass is 32.2. The van der Waals surface area contributed by atoms with E-state index in [1.54, 1.807) is 18.0 Å². The second-order valence-electron chi connectivity index (χ2n) is 4.81. The number of benzene rings is 1. The van der Waals surface area contributed by atoms with Gasteiger partial charge in [-0.1, -0.05) is 42.1 Å².